The smallest absolute Gasteiger partial charge is 0.220 e. The average molecular weight is 1120 g/mol. The van der Waals surface area contributed by atoms with Crippen molar-refractivity contribution in [2.75, 3.05) is 19.8 Å². The number of unbranched alkanes of at least 4 members (excludes halogenated alkanes) is 24. The van der Waals surface area contributed by atoms with E-state index in [9.17, 15) is 45.6 Å². The number of hydrogen-bond acceptors (Lipinski definition) is 13. The molecule has 1 amide bonds. The third-order valence-corrected chi connectivity index (χ3v) is 14.8. The molecule has 79 heavy (non-hydrogen) atoms. The van der Waals surface area contributed by atoms with Gasteiger partial charge in [0.05, 0.1) is 32.0 Å². The minimum Gasteiger partial charge on any atom is -0.394 e. The maximum absolute atomic E-state index is 13.2. The lowest BCUT2D eigenvalue weighted by atomic mass is 9.97. The molecular formula is C65H113NO13. The summed E-state index contributed by atoms with van der Waals surface area (Å²) in [5.74, 6) is -0.279. The number of carbonyl (C=O) groups excluding carboxylic acids is 1. The molecule has 456 valence electrons. The number of carbonyl (C=O) groups is 1. The third kappa shape index (κ3) is 35.0. The number of aliphatic hydroxyl groups is 8. The second-order valence-corrected chi connectivity index (χ2v) is 21.8. The molecule has 12 atom stereocenters. The highest BCUT2D eigenvalue weighted by molar-refractivity contribution is 5.76. The van der Waals surface area contributed by atoms with Crippen LogP contribution in [0.25, 0.3) is 0 Å². The highest BCUT2D eigenvalue weighted by Gasteiger charge is 2.51. The lowest BCUT2D eigenvalue weighted by Gasteiger charge is -2.46. The lowest BCUT2D eigenvalue weighted by molar-refractivity contribution is -0.359. The molecule has 0 saturated carbocycles. The SMILES string of the molecule is CC/C=C\C/C=C\C/C=C\C/C=C\CCCCCCC(=O)NC(COC1OC(CO)C(OC2OC(CO)C(O)C(O)C2O)C(O)C1O)C(O)/C=C/CC/C=C/CC/C=C/CCCCCCCCCCCCCCCCCCCC. The van der Waals surface area contributed by atoms with Crippen molar-refractivity contribution in [1.29, 1.82) is 0 Å². The fourth-order valence-corrected chi connectivity index (χ4v) is 9.78. The van der Waals surface area contributed by atoms with Crippen molar-refractivity contribution in [1.82, 2.24) is 5.32 Å². The number of allylic oxidation sites excluding steroid dienone is 13. The van der Waals surface area contributed by atoms with E-state index in [4.69, 9.17) is 18.9 Å². The summed E-state index contributed by atoms with van der Waals surface area (Å²) in [7, 11) is 0. The zero-order valence-corrected chi connectivity index (χ0v) is 49.1. The molecule has 14 heteroatoms. The van der Waals surface area contributed by atoms with Crippen molar-refractivity contribution in [3.63, 3.8) is 0 Å². The van der Waals surface area contributed by atoms with Gasteiger partial charge in [0.2, 0.25) is 5.91 Å². The molecule has 9 N–H and O–H groups in total. The number of rotatable bonds is 49. The number of ether oxygens (including phenoxy) is 4. The second-order valence-electron chi connectivity index (χ2n) is 21.8. The largest absolute Gasteiger partial charge is 0.394 e. The molecule has 0 radical (unpaired) electrons. The van der Waals surface area contributed by atoms with Crippen LogP contribution in [0.4, 0.5) is 0 Å². The molecule has 2 aliphatic heterocycles. The van der Waals surface area contributed by atoms with E-state index < -0.39 is 86.8 Å². The highest BCUT2D eigenvalue weighted by Crippen LogP contribution is 2.30. The van der Waals surface area contributed by atoms with Crippen LogP contribution in [0.3, 0.4) is 0 Å². The van der Waals surface area contributed by atoms with Gasteiger partial charge in [-0.05, 0) is 83.5 Å². The van der Waals surface area contributed by atoms with Gasteiger partial charge in [-0.2, -0.15) is 0 Å². The van der Waals surface area contributed by atoms with E-state index in [2.05, 4.69) is 92.1 Å². The van der Waals surface area contributed by atoms with Gasteiger partial charge in [-0.25, -0.2) is 0 Å². The molecule has 0 aromatic carbocycles. The molecule has 2 aliphatic rings. The molecule has 0 aromatic heterocycles. The van der Waals surface area contributed by atoms with Crippen molar-refractivity contribution >= 4 is 5.91 Å². The quantitative estimate of drug-likeness (QED) is 0.0204. The van der Waals surface area contributed by atoms with Crippen molar-refractivity contribution in [2.24, 2.45) is 0 Å². The summed E-state index contributed by atoms with van der Waals surface area (Å²) >= 11 is 0. The van der Waals surface area contributed by atoms with Gasteiger partial charge in [0.15, 0.2) is 12.6 Å². The monoisotopic (exact) mass is 1120 g/mol. The van der Waals surface area contributed by atoms with Crippen LogP contribution in [0, 0.1) is 0 Å². The Morgan fingerprint density at radius 1 is 0.468 bits per heavy atom. The van der Waals surface area contributed by atoms with E-state index >= 15 is 0 Å². The van der Waals surface area contributed by atoms with Crippen LogP contribution in [0.1, 0.15) is 226 Å². The summed E-state index contributed by atoms with van der Waals surface area (Å²) in [6.07, 6.45) is 50.7. The van der Waals surface area contributed by atoms with Crippen molar-refractivity contribution < 1.29 is 64.6 Å². The van der Waals surface area contributed by atoms with Crippen LogP contribution >= 0.6 is 0 Å². The third-order valence-electron chi connectivity index (χ3n) is 14.8. The Bertz CT molecular complexity index is 1650. The Balaban J connectivity index is 1.76. The molecule has 2 saturated heterocycles. The summed E-state index contributed by atoms with van der Waals surface area (Å²) in [6, 6.07) is -0.957. The minimum absolute atomic E-state index is 0.237. The molecular weight excluding hydrogens is 1000 g/mol. The van der Waals surface area contributed by atoms with E-state index in [-0.39, 0.29) is 18.9 Å². The van der Waals surface area contributed by atoms with Gasteiger partial charge in [-0.1, -0.05) is 221 Å². The predicted octanol–water partition coefficient (Wildman–Crippen LogP) is 11.3. The van der Waals surface area contributed by atoms with Gasteiger partial charge in [-0.15, -0.1) is 0 Å². The first-order chi connectivity index (χ1) is 38.6. The first-order valence-electron chi connectivity index (χ1n) is 31.3. The van der Waals surface area contributed by atoms with E-state index in [0.29, 0.717) is 12.8 Å². The number of amides is 1. The molecule has 0 aromatic rings. The maximum atomic E-state index is 13.2. The maximum Gasteiger partial charge on any atom is 0.220 e. The van der Waals surface area contributed by atoms with Crippen molar-refractivity contribution in [2.45, 2.75) is 299 Å². The summed E-state index contributed by atoms with van der Waals surface area (Å²) in [5.41, 5.74) is 0. The van der Waals surface area contributed by atoms with Crippen LogP contribution < -0.4 is 5.32 Å². The Hall–Kier alpha value is -2.83. The molecule has 0 aliphatic carbocycles. The first kappa shape index (κ1) is 72.3. The number of hydrogen-bond donors (Lipinski definition) is 9. The summed E-state index contributed by atoms with van der Waals surface area (Å²) in [4.78, 5) is 13.2. The lowest BCUT2D eigenvalue weighted by Crippen LogP contribution is -2.65. The Morgan fingerprint density at radius 3 is 1.39 bits per heavy atom. The molecule has 2 rings (SSSR count). The Morgan fingerprint density at radius 2 is 0.886 bits per heavy atom. The highest BCUT2D eigenvalue weighted by atomic mass is 16.7. The van der Waals surface area contributed by atoms with Gasteiger partial charge < -0.3 is 65.1 Å². The summed E-state index contributed by atoms with van der Waals surface area (Å²) < 4.78 is 22.7. The molecule has 14 nitrogen and oxygen atoms in total. The van der Waals surface area contributed by atoms with Crippen molar-refractivity contribution in [3.05, 3.63) is 85.1 Å². The number of nitrogens with one attached hydrogen (secondary N) is 1. The molecule has 2 fully saturated rings. The van der Waals surface area contributed by atoms with Crippen LogP contribution in [0.5, 0.6) is 0 Å². The van der Waals surface area contributed by atoms with E-state index in [1.807, 2.05) is 6.08 Å². The first-order valence-corrected chi connectivity index (χ1v) is 31.3. The van der Waals surface area contributed by atoms with Gasteiger partial charge >= 0.3 is 0 Å². The zero-order valence-electron chi connectivity index (χ0n) is 49.1. The molecule has 12 unspecified atom stereocenters. The number of aliphatic hydroxyl groups excluding tert-OH is 8. The van der Waals surface area contributed by atoms with Crippen LogP contribution in [0.2, 0.25) is 0 Å². The molecule has 2 heterocycles. The van der Waals surface area contributed by atoms with Gasteiger partial charge in [-0.3, -0.25) is 4.79 Å². The fourth-order valence-electron chi connectivity index (χ4n) is 9.78. The van der Waals surface area contributed by atoms with E-state index in [1.54, 1.807) is 6.08 Å². The fraction of sp³-hybridized carbons (Fsp3) is 0.769. The van der Waals surface area contributed by atoms with Crippen molar-refractivity contribution in [3.8, 4) is 0 Å². The Kier molecular flexibility index (Phi) is 45.5. The zero-order chi connectivity index (χ0) is 57.4. The topological polar surface area (TPSA) is 228 Å². The van der Waals surface area contributed by atoms with Gasteiger partial charge in [0, 0.05) is 6.42 Å². The average Bonchev–Trinajstić information content (AvgIpc) is 3.47. The second kappa shape index (κ2) is 49.8. The van der Waals surface area contributed by atoms with E-state index in [1.165, 1.54) is 116 Å². The Labute approximate surface area is 478 Å². The van der Waals surface area contributed by atoms with Gasteiger partial charge in [0.1, 0.15) is 48.8 Å². The molecule has 0 bridgehead atoms. The van der Waals surface area contributed by atoms with Crippen LogP contribution in [-0.2, 0) is 23.7 Å². The van der Waals surface area contributed by atoms with Gasteiger partial charge in [0.25, 0.3) is 0 Å². The minimum atomic E-state index is -1.80. The normalized spacial score (nSPS) is 25.0. The molecule has 0 spiro atoms. The predicted molar refractivity (Wildman–Crippen MR) is 318 cm³/mol. The van der Waals surface area contributed by atoms with Crippen LogP contribution in [0.15, 0.2) is 85.1 Å². The van der Waals surface area contributed by atoms with Crippen LogP contribution in [-0.4, -0.2) is 140 Å². The standard InChI is InChI=1S/C65H113NO13/c1-3-5-7-9-11-13-15-17-19-21-22-23-24-25-26-27-28-29-30-31-33-34-36-38-40-42-44-46-48-54(69)53(66-57(70)49-47-45-43-41-39-37-35-32-20-18-16-14-12-10-8-6-4-2)52-76-64-62(75)60(73)63(56(51-68)78-64)79-65-61(74)59(72)58(71)55(50-67)77-65/h6,8,12,14,18,20,31,33,35,37-38,40,46,48,53-56,58-65,67-69,71-75H,3-5,7,9-11,13,15-17,19,21-30,32,34,36,39,41-45,47,49-52H2,1-2H3,(H,66,70)/b8-6-,14-12-,20-18-,33-31+,37-35-,40-38+,48-46+. The van der Waals surface area contributed by atoms with E-state index in [0.717, 1.165) is 77.0 Å². The summed E-state index contributed by atoms with van der Waals surface area (Å²) in [5, 5.41) is 87.1. The summed E-state index contributed by atoms with van der Waals surface area (Å²) in [6.45, 7) is 2.64.